The summed E-state index contributed by atoms with van der Waals surface area (Å²) in [5.74, 6) is -0.971. The summed E-state index contributed by atoms with van der Waals surface area (Å²) in [5.41, 5.74) is 3.01. The van der Waals surface area contributed by atoms with Crippen molar-refractivity contribution in [2.24, 2.45) is 0 Å². The van der Waals surface area contributed by atoms with Crippen molar-refractivity contribution in [2.45, 2.75) is 6.42 Å². The summed E-state index contributed by atoms with van der Waals surface area (Å²) in [5, 5.41) is 22.6. The van der Waals surface area contributed by atoms with Gasteiger partial charge in [-0.2, -0.15) is 10.4 Å². The summed E-state index contributed by atoms with van der Waals surface area (Å²) in [6.07, 6.45) is 8.47. The van der Waals surface area contributed by atoms with E-state index in [4.69, 9.17) is 5.11 Å². The molecule has 2 aromatic rings. The Morgan fingerprint density at radius 2 is 2.10 bits per heavy atom. The highest BCUT2D eigenvalue weighted by Crippen LogP contribution is 2.24. The van der Waals surface area contributed by atoms with Crippen LogP contribution in [0.1, 0.15) is 28.0 Å². The topological polar surface area (TPSA) is 78.9 Å². The fraction of sp³-hybridized carbons (Fsp3) is 0.0625. The maximum Gasteiger partial charge on any atom is 0.335 e. The minimum absolute atomic E-state index is 0.216. The molecule has 1 aromatic heterocycles. The van der Waals surface area contributed by atoms with Crippen molar-refractivity contribution in [1.29, 1.82) is 5.26 Å². The molecule has 1 N–H and O–H groups in total. The maximum atomic E-state index is 10.8. The number of nitriles is 1. The van der Waals surface area contributed by atoms with Crippen LogP contribution in [0.3, 0.4) is 0 Å². The molecule has 0 aliphatic heterocycles. The lowest BCUT2D eigenvalue weighted by atomic mass is 10.1. The number of aromatic carboxylic acids is 1. The van der Waals surface area contributed by atoms with Gasteiger partial charge >= 0.3 is 5.97 Å². The first-order valence-electron chi connectivity index (χ1n) is 6.39. The Labute approximate surface area is 121 Å². The van der Waals surface area contributed by atoms with Crippen LogP contribution in [0.5, 0.6) is 0 Å². The van der Waals surface area contributed by atoms with Crippen LogP contribution >= 0.6 is 0 Å². The number of benzene rings is 1. The molecule has 0 fully saturated rings. The average Bonchev–Trinajstić information content (AvgIpc) is 3.16. The largest absolute Gasteiger partial charge is 0.478 e. The summed E-state index contributed by atoms with van der Waals surface area (Å²) in [7, 11) is 0. The molecule has 1 aromatic carbocycles. The van der Waals surface area contributed by atoms with Crippen molar-refractivity contribution in [1.82, 2.24) is 9.78 Å². The van der Waals surface area contributed by atoms with Crippen molar-refractivity contribution in [2.75, 3.05) is 0 Å². The van der Waals surface area contributed by atoms with Crippen LogP contribution in [0.2, 0.25) is 0 Å². The zero-order chi connectivity index (χ0) is 14.8. The summed E-state index contributed by atoms with van der Waals surface area (Å²) >= 11 is 0. The second kappa shape index (κ2) is 5.10. The predicted octanol–water partition coefficient (Wildman–Crippen LogP) is 2.79. The highest BCUT2D eigenvalue weighted by Gasteiger charge is 2.14. The molecule has 0 saturated carbocycles. The molecule has 0 radical (unpaired) electrons. The smallest absolute Gasteiger partial charge is 0.335 e. The van der Waals surface area contributed by atoms with E-state index in [1.54, 1.807) is 23.0 Å². The van der Waals surface area contributed by atoms with E-state index in [-0.39, 0.29) is 5.56 Å². The zero-order valence-electron chi connectivity index (χ0n) is 11.0. The van der Waals surface area contributed by atoms with Crippen LogP contribution < -0.4 is 0 Å². The van der Waals surface area contributed by atoms with Gasteiger partial charge < -0.3 is 5.11 Å². The van der Waals surface area contributed by atoms with Gasteiger partial charge in [0.1, 0.15) is 11.8 Å². The molecule has 0 amide bonds. The molecule has 21 heavy (non-hydrogen) atoms. The number of allylic oxidation sites excluding steroid dienone is 4. The summed E-state index contributed by atoms with van der Waals surface area (Å²) < 4.78 is 1.59. The molecular weight excluding hydrogens is 266 g/mol. The molecule has 0 bridgehead atoms. The number of carboxylic acids is 1. The third-order valence-corrected chi connectivity index (χ3v) is 3.26. The number of carboxylic acid groups (broad SMARTS) is 1. The Bertz CT molecular complexity index is 805. The number of hydrogen-bond donors (Lipinski definition) is 1. The number of carbonyl (C=O) groups is 1. The van der Waals surface area contributed by atoms with Gasteiger partial charge in [-0.05, 0) is 36.3 Å². The van der Waals surface area contributed by atoms with E-state index in [0.717, 1.165) is 12.0 Å². The van der Waals surface area contributed by atoms with Crippen molar-refractivity contribution in [3.63, 3.8) is 0 Å². The van der Waals surface area contributed by atoms with Gasteiger partial charge in [-0.3, -0.25) is 0 Å². The first-order valence-corrected chi connectivity index (χ1v) is 6.39. The third kappa shape index (κ3) is 2.35. The monoisotopic (exact) mass is 277 g/mol. The molecule has 5 heteroatoms. The van der Waals surface area contributed by atoms with E-state index in [0.29, 0.717) is 16.9 Å². The molecule has 1 heterocycles. The summed E-state index contributed by atoms with van der Waals surface area (Å²) in [6.45, 7) is 0. The van der Waals surface area contributed by atoms with E-state index in [1.807, 2.05) is 18.2 Å². The second-order valence-electron chi connectivity index (χ2n) is 4.60. The first kappa shape index (κ1) is 12.9. The minimum atomic E-state index is -0.971. The van der Waals surface area contributed by atoms with E-state index in [9.17, 15) is 10.1 Å². The van der Waals surface area contributed by atoms with Crippen LogP contribution in [-0.4, -0.2) is 20.9 Å². The predicted molar refractivity (Wildman–Crippen MR) is 77.0 cm³/mol. The van der Waals surface area contributed by atoms with E-state index in [2.05, 4.69) is 11.2 Å². The molecule has 3 rings (SSSR count). The van der Waals surface area contributed by atoms with Gasteiger partial charge in [-0.15, -0.1) is 0 Å². The normalized spacial score (nSPS) is 13.0. The fourth-order valence-electron chi connectivity index (χ4n) is 2.19. The van der Waals surface area contributed by atoms with Gasteiger partial charge in [0.15, 0.2) is 0 Å². The van der Waals surface area contributed by atoms with Crippen molar-refractivity contribution in [3.8, 4) is 11.8 Å². The number of aromatic nitrogens is 2. The molecule has 0 atom stereocenters. The molecule has 0 saturated heterocycles. The summed E-state index contributed by atoms with van der Waals surface area (Å²) in [6, 6.07) is 8.50. The number of rotatable bonds is 3. The van der Waals surface area contributed by atoms with E-state index < -0.39 is 5.97 Å². The van der Waals surface area contributed by atoms with Crippen LogP contribution in [-0.2, 0) is 0 Å². The van der Waals surface area contributed by atoms with Gasteiger partial charge in [0.25, 0.3) is 0 Å². The van der Waals surface area contributed by atoms with Gasteiger partial charge in [0.05, 0.1) is 16.8 Å². The van der Waals surface area contributed by atoms with Crippen molar-refractivity contribution in [3.05, 3.63) is 65.5 Å². The lowest BCUT2D eigenvalue weighted by molar-refractivity contribution is 0.0697. The van der Waals surface area contributed by atoms with E-state index in [1.165, 1.54) is 12.1 Å². The van der Waals surface area contributed by atoms with Gasteiger partial charge in [-0.1, -0.05) is 18.2 Å². The van der Waals surface area contributed by atoms with Gasteiger partial charge in [0.2, 0.25) is 0 Å². The fourth-order valence-corrected chi connectivity index (χ4v) is 2.19. The third-order valence-electron chi connectivity index (χ3n) is 3.26. The number of hydrogen-bond acceptors (Lipinski definition) is 3. The molecule has 1 aliphatic rings. The lowest BCUT2D eigenvalue weighted by Crippen LogP contribution is -1.99. The standard InChI is InChI=1S/C16H11N3O2/c17-9-13-10-19(18-15(13)11-3-1-2-4-11)14-7-5-12(6-8-14)16(20)21/h1,3-8,10H,2H2,(H,20,21). The highest BCUT2D eigenvalue weighted by atomic mass is 16.4. The summed E-state index contributed by atoms with van der Waals surface area (Å²) in [4.78, 5) is 10.8. The van der Waals surface area contributed by atoms with Crippen LogP contribution in [0.4, 0.5) is 0 Å². The van der Waals surface area contributed by atoms with Gasteiger partial charge in [-0.25, -0.2) is 9.48 Å². The minimum Gasteiger partial charge on any atom is -0.478 e. The first-order chi connectivity index (χ1) is 10.2. The Morgan fingerprint density at radius 1 is 1.33 bits per heavy atom. The molecule has 5 nitrogen and oxygen atoms in total. The van der Waals surface area contributed by atoms with Crippen LogP contribution in [0, 0.1) is 11.3 Å². The zero-order valence-corrected chi connectivity index (χ0v) is 11.0. The molecule has 1 aliphatic carbocycles. The highest BCUT2D eigenvalue weighted by molar-refractivity contribution is 5.87. The molecule has 102 valence electrons. The molecule has 0 spiro atoms. The molecular formula is C16H11N3O2. The second-order valence-corrected chi connectivity index (χ2v) is 4.60. The Hall–Kier alpha value is -3.13. The quantitative estimate of drug-likeness (QED) is 0.935. The van der Waals surface area contributed by atoms with Crippen molar-refractivity contribution >= 4 is 11.5 Å². The number of nitrogens with zero attached hydrogens (tertiary/aromatic N) is 3. The van der Waals surface area contributed by atoms with Crippen LogP contribution in [0.25, 0.3) is 11.3 Å². The Balaban J connectivity index is 2.01. The Kier molecular flexibility index (Phi) is 3.13. The lowest BCUT2D eigenvalue weighted by Gasteiger charge is -2.01. The SMILES string of the molecule is N#Cc1cn(-c2ccc(C(=O)O)cc2)nc1C1=CCC=C1. The van der Waals surface area contributed by atoms with E-state index >= 15 is 0 Å². The Morgan fingerprint density at radius 3 is 2.67 bits per heavy atom. The average molecular weight is 277 g/mol. The van der Waals surface area contributed by atoms with Crippen molar-refractivity contribution < 1.29 is 9.90 Å². The maximum absolute atomic E-state index is 10.8. The van der Waals surface area contributed by atoms with Gasteiger partial charge in [0, 0.05) is 6.20 Å². The van der Waals surface area contributed by atoms with Crippen LogP contribution in [0.15, 0.2) is 48.7 Å². The molecule has 0 unspecified atom stereocenters.